The molecule has 1 atom stereocenters. The number of aliphatic hydroxyl groups excluding tert-OH is 1. The number of fused-ring (bicyclic) bond motifs is 1. The summed E-state index contributed by atoms with van der Waals surface area (Å²) in [7, 11) is 0. The molecule has 1 saturated heterocycles. The molecule has 1 aliphatic rings. The van der Waals surface area contributed by atoms with Crippen LogP contribution in [0.4, 0.5) is 0 Å². The number of morpholine rings is 1. The van der Waals surface area contributed by atoms with E-state index in [0.717, 1.165) is 29.9 Å². The summed E-state index contributed by atoms with van der Waals surface area (Å²) in [5.41, 5.74) is 3.58. The van der Waals surface area contributed by atoms with E-state index in [9.17, 15) is 9.90 Å². The Morgan fingerprint density at radius 1 is 1.17 bits per heavy atom. The molecular formula is C23H27N3O3S. The molecule has 3 aromatic rings. The first-order valence-electron chi connectivity index (χ1n) is 10.2. The number of aliphatic hydroxyl groups is 1. The molecule has 0 radical (unpaired) electrons. The van der Waals surface area contributed by atoms with Crippen LogP contribution in [0.2, 0.25) is 0 Å². The standard InChI is InChI=1S/C23H27N3O3S/c1-16-7-8-21(17(2)13-16)26-22(28)19-5-3-4-6-20(19)24-23(26)30-15-18(27)14-25-9-11-29-12-10-25/h3-8,13,18,27H,9-12,14-15H2,1-2H3/t18-/m0/s1. The monoisotopic (exact) mass is 425 g/mol. The SMILES string of the molecule is Cc1ccc(-n2c(SC[C@@H](O)CN3CCOCC3)nc3ccccc3c2=O)c(C)c1. The quantitative estimate of drug-likeness (QED) is 0.484. The van der Waals surface area contributed by atoms with Gasteiger partial charge >= 0.3 is 0 Å². The highest BCUT2D eigenvalue weighted by Gasteiger charge is 2.18. The number of aryl methyl sites for hydroxylation is 2. The molecule has 6 nitrogen and oxygen atoms in total. The Morgan fingerprint density at radius 3 is 2.70 bits per heavy atom. The molecule has 1 fully saturated rings. The molecular weight excluding hydrogens is 398 g/mol. The van der Waals surface area contributed by atoms with Crippen molar-refractivity contribution < 1.29 is 9.84 Å². The van der Waals surface area contributed by atoms with Crippen molar-refractivity contribution in [2.45, 2.75) is 25.1 Å². The van der Waals surface area contributed by atoms with Crippen molar-refractivity contribution >= 4 is 22.7 Å². The van der Waals surface area contributed by atoms with Crippen LogP contribution in [0.5, 0.6) is 0 Å². The zero-order valence-electron chi connectivity index (χ0n) is 17.4. The molecule has 2 aromatic carbocycles. The minimum Gasteiger partial charge on any atom is -0.391 e. The van der Waals surface area contributed by atoms with E-state index in [1.165, 1.54) is 11.8 Å². The number of thioether (sulfide) groups is 1. The summed E-state index contributed by atoms with van der Waals surface area (Å²) in [6.45, 7) is 7.72. The van der Waals surface area contributed by atoms with Gasteiger partial charge in [-0.25, -0.2) is 4.98 Å². The van der Waals surface area contributed by atoms with Crippen LogP contribution in [0.25, 0.3) is 16.6 Å². The fraction of sp³-hybridized carbons (Fsp3) is 0.391. The van der Waals surface area contributed by atoms with Gasteiger partial charge in [0.15, 0.2) is 5.16 Å². The summed E-state index contributed by atoms with van der Waals surface area (Å²) in [5.74, 6) is 0.465. The third kappa shape index (κ3) is 4.59. The highest BCUT2D eigenvalue weighted by atomic mass is 32.2. The summed E-state index contributed by atoms with van der Waals surface area (Å²) < 4.78 is 7.06. The highest BCUT2D eigenvalue weighted by molar-refractivity contribution is 7.99. The Kier molecular flexibility index (Phi) is 6.53. The molecule has 158 valence electrons. The molecule has 0 aliphatic carbocycles. The second kappa shape index (κ2) is 9.31. The highest BCUT2D eigenvalue weighted by Crippen LogP contribution is 2.24. The molecule has 0 spiro atoms. The smallest absolute Gasteiger partial charge is 0.266 e. The minimum atomic E-state index is -0.510. The average molecular weight is 426 g/mol. The van der Waals surface area contributed by atoms with Gasteiger partial charge in [0.2, 0.25) is 0 Å². The van der Waals surface area contributed by atoms with Crippen molar-refractivity contribution in [2.75, 3.05) is 38.6 Å². The summed E-state index contributed by atoms with van der Waals surface area (Å²) in [5, 5.41) is 11.8. The zero-order chi connectivity index (χ0) is 21.1. The van der Waals surface area contributed by atoms with Gasteiger partial charge in [-0.2, -0.15) is 0 Å². The Hall–Kier alpha value is -2.19. The Labute approximate surface area is 180 Å². The number of ether oxygens (including phenoxy) is 1. The number of β-amino-alcohol motifs (C(OH)–C–C–N with tert-alkyl or cyclic N) is 1. The topological polar surface area (TPSA) is 67.6 Å². The number of benzene rings is 2. The van der Waals surface area contributed by atoms with Crippen molar-refractivity contribution in [3.05, 3.63) is 63.9 Å². The number of hydrogen-bond acceptors (Lipinski definition) is 6. The number of para-hydroxylation sites is 1. The first-order valence-corrected chi connectivity index (χ1v) is 11.2. The maximum atomic E-state index is 13.4. The molecule has 1 aromatic heterocycles. The molecule has 4 rings (SSSR count). The Balaban J connectivity index is 1.66. The lowest BCUT2D eigenvalue weighted by molar-refractivity contribution is 0.0188. The molecule has 0 bridgehead atoms. The second-order valence-electron chi connectivity index (χ2n) is 7.72. The molecule has 1 N–H and O–H groups in total. The molecule has 7 heteroatoms. The van der Waals surface area contributed by atoms with E-state index in [4.69, 9.17) is 9.72 Å². The van der Waals surface area contributed by atoms with Crippen LogP contribution in [0, 0.1) is 13.8 Å². The molecule has 1 aliphatic heterocycles. The third-order valence-electron chi connectivity index (χ3n) is 5.32. The number of nitrogens with zero attached hydrogens (tertiary/aromatic N) is 3. The lowest BCUT2D eigenvalue weighted by Crippen LogP contribution is -2.41. The van der Waals surface area contributed by atoms with Gasteiger partial charge in [-0.15, -0.1) is 0 Å². The summed E-state index contributed by atoms with van der Waals surface area (Å²) in [4.78, 5) is 20.4. The molecule has 0 unspecified atom stereocenters. The van der Waals surface area contributed by atoms with Gasteiger partial charge in [0, 0.05) is 25.4 Å². The largest absolute Gasteiger partial charge is 0.391 e. The third-order valence-corrected chi connectivity index (χ3v) is 6.40. The van der Waals surface area contributed by atoms with Crippen LogP contribution in [-0.2, 0) is 4.74 Å². The fourth-order valence-electron chi connectivity index (χ4n) is 3.78. The van der Waals surface area contributed by atoms with E-state index in [2.05, 4.69) is 11.0 Å². The first kappa shape index (κ1) is 21.1. The van der Waals surface area contributed by atoms with Gasteiger partial charge in [-0.1, -0.05) is 41.6 Å². The van der Waals surface area contributed by atoms with E-state index in [0.29, 0.717) is 41.6 Å². The predicted octanol–water partition coefficient (Wildman–Crippen LogP) is 2.79. The number of aromatic nitrogens is 2. The zero-order valence-corrected chi connectivity index (χ0v) is 18.2. The number of hydrogen-bond donors (Lipinski definition) is 1. The Morgan fingerprint density at radius 2 is 1.93 bits per heavy atom. The van der Waals surface area contributed by atoms with Crippen LogP contribution in [0.1, 0.15) is 11.1 Å². The first-order chi connectivity index (χ1) is 14.5. The maximum absolute atomic E-state index is 13.4. The van der Waals surface area contributed by atoms with Crippen molar-refractivity contribution in [1.29, 1.82) is 0 Å². The van der Waals surface area contributed by atoms with Gasteiger partial charge < -0.3 is 9.84 Å². The lowest BCUT2D eigenvalue weighted by Gasteiger charge is -2.28. The van der Waals surface area contributed by atoms with Crippen molar-refractivity contribution in [3.63, 3.8) is 0 Å². The molecule has 0 amide bonds. The normalized spacial score (nSPS) is 16.1. The fourth-order valence-corrected chi connectivity index (χ4v) is 4.70. The summed E-state index contributed by atoms with van der Waals surface area (Å²) >= 11 is 1.42. The van der Waals surface area contributed by atoms with Gasteiger partial charge in [0.1, 0.15) is 0 Å². The van der Waals surface area contributed by atoms with Crippen molar-refractivity contribution in [2.24, 2.45) is 0 Å². The van der Waals surface area contributed by atoms with Gasteiger partial charge in [-0.3, -0.25) is 14.3 Å². The Bertz CT molecular complexity index is 1090. The van der Waals surface area contributed by atoms with Crippen LogP contribution in [0.3, 0.4) is 0 Å². The van der Waals surface area contributed by atoms with Crippen LogP contribution in [0.15, 0.2) is 52.4 Å². The van der Waals surface area contributed by atoms with Crippen LogP contribution < -0.4 is 5.56 Å². The number of rotatable bonds is 6. The second-order valence-corrected chi connectivity index (χ2v) is 8.71. The summed E-state index contributed by atoms with van der Waals surface area (Å²) in [6.07, 6.45) is -0.510. The van der Waals surface area contributed by atoms with Gasteiger partial charge in [-0.05, 0) is 37.6 Å². The maximum Gasteiger partial charge on any atom is 0.266 e. The van der Waals surface area contributed by atoms with E-state index in [1.807, 2.05) is 50.2 Å². The van der Waals surface area contributed by atoms with E-state index in [1.54, 1.807) is 4.57 Å². The molecule has 0 saturated carbocycles. The average Bonchev–Trinajstić information content (AvgIpc) is 2.74. The lowest BCUT2D eigenvalue weighted by atomic mass is 10.1. The minimum absolute atomic E-state index is 0.0854. The molecule has 2 heterocycles. The van der Waals surface area contributed by atoms with Gasteiger partial charge in [0.25, 0.3) is 5.56 Å². The van der Waals surface area contributed by atoms with E-state index < -0.39 is 6.10 Å². The molecule has 30 heavy (non-hydrogen) atoms. The van der Waals surface area contributed by atoms with Crippen molar-refractivity contribution in [1.82, 2.24) is 14.5 Å². The van der Waals surface area contributed by atoms with Crippen LogP contribution in [-0.4, -0.2) is 64.3 Å². The van der Waals surface area contributed by atoms with Crippen molar-refractivity contribution in [3.8, 4) is 5.69 Å². The van der Waals surface area contributed by atoms with Gasteiger partial charge in [0.05, 0.1) is 35.9 Å². The predicted molar refractivity (Wildman–Crippen MR) is 121 cm³/mol. The van der Waals surface area contributed by atoms with E-state index in [-0.39, 0.29) is 5.56 Å². The van der Waals surface area contributed by atoms with Crippen LogP contribution >= 0.6 is 11.8 Å². The summed E-state index contributed by atoms with van der Waals surface area (Å²) in [6, 6.07) is 13.5. The van der Waals surface area contributed by atoms with E-state index >= 15 is 0 Å².